The lowest BCUT2D eigenvalue weighted by atomic mass is 9.33. The molecule has 0 bridgehead atoms. The highest BCUT2D eigenvalue weighted by Gasteiger charge is 2.56. The molecule has 105 heavy (non-hydrogen) atoms. The first kappa shape index (κ1) is 63.5. The molecular formula is C101H78BN3. The van der Waals surface area contributed by atoms with Gasteiger partial charge in [-0.25, -0.2) is 0 Å². The Morgan fingerprint density at radius 3 is 1.60 bits per heavy atom. The van der Waals surface area contributed by atoms with Gasteiger partial charge in [0.15, 0.2) is 0 Å². The van der Waals surface area contributed by atoms with Crippen LogP contribution in [0, 0.1) is 24.7 Å². The Labute approximate surface area is 618 Å². The van der Waals surface area contributed by atoms with Crippen molar-refractivity contribution in [3.8, 4) is 34.1 Å². The van der Waals surface area contributed by atoms with E-state index in [1.807, 2.05) is 0 Å². The average Bonchev–Trinajstić information content (AvgIpc) is 1.60. The first-order chi connectivity index (χ1) is 51.8. The van der Waals surface area contributed by atoms with Crippen LogP contribution in [0.1, 0.15) is 102 Å². The number of hydrogen-bond donors (Lipinski definition) is 0. The van der Waals surface area contributed by atoms with Gasteiger partial charge in [-0.15, -0.1) is 0 Å². The molecule has 0 radical (unpaired) electrons. The fourth-order valence-electron chi connectivity index (χ4n) is 19.9. The molecule has 0 amide bonds. The van der Waals surface area contributed by atoms with Crippen molar-refractivity contribution >= 4 is 74.2 Å². The number of fused-ring (bicyclic) bond motifs is 13. The van der Waals surface area contributed by atoms with Gasteiger partial charge in [-0.3, -0.25) is 0 Å². The van der Waals surface area contributed by atoms with Crippen molar-refractivity contribution < 1.29 is 0 Å². The largest absolute Gasteiger partial charge is 0.314 e. The van der Waals surface area contributed by atoms with Gasteiger partial charge >= 0.3 is 0 Å². The third-order valence-corrected chi connectivity index (χ3v) is 23.8. The number of anilines is 8. The molecule has 0 saturated heterocycles. The lowest BCUT2D eigenvalue weighted by molar-refractivity contribution is 0.457. The number of hydrogen-bond acceptors (Lipinski definition) is 3. The van der Waals surface area contributed by atoms with Crippen LogP contribution in [0.3, 0.4) is 0 Å². The van der Waals surface area contributed by atoms with Crippen molar-refractivity contribution in [1.82, 2.24) is 0 Å². The molecule has 4 heteroatoms. The monoisotopic (exact) mass is 1340 g/mol. The lowest BCUT2D eigenvalue weighted by Crippen LogP contribution is -2.61. The van der Waals surface area contributed by atoms with Gasteiger partial charge in [0.1, 0.15) is 0 Å². The van der Waals surface area contributed by atoms with E-state index in [9.17, 15) is 0 Å². The van der Waals surface area contributed by atoms with Gasteiger partial charge in [0.2, 0.25) is 0 Å². The van der Waals surface area contributed by atoms with Gasteiger partial charge in [-0.2, -0.15) is 0 Å². The van der Waals surface area contributed by atoms with Crippen molar-refractivity contribution in [2.45, 2.75) is 63.7 Å². The third-order valence-electron chi connectivity index (χ3n) is 23.8. The molecule has 3 nitrogen and oxygen atoms in total. The van der Waals surface area contributed by atoms with E-state index in [0.717, 1.165) is 52.7 Å². The number of rotatable bonds is 11. The second-order valence-electron chi connectivity index (χ2n) is 28.9. The Kier molecular flexibility index (Phi) is 15.3. The Morgan fingerprint density at radius 1 is 0.486 bits per heavy atom. The zero-order chi connectivity index (χ0) is 70.5. The molecule has 0 fully saturated rings. The van der Waals surface area contributed by atoms with Crippen molar-refractivity contribution in [2.75, 3.05) is 14.7 Å². The summed E-state index contributed by atoms with van der Waals surface area (Å²) < 4.78 is 0. The number of aryl methyl sites for hydroxylation is 1. The minimum atomic E-state index is -0.691. The molecule has 2 aliphatic heterocycles. The van der Waals surface area contributed by atoms with Crippen molar-refractivity contribution in [2.24, 2.45) is 5.92 Å². The maximum atomic E-state index is 3.55. The summed E-state index contributed by atoms with van der Waals surface area (Å²) in [5.41, 5.74) is 34.4. The zero-order valence-corrected chi connectivity index (χ0v) is 59.9. The zero-order valence-electron chi connectivity index (χ0n) is 59.9. The molecule has 0 saturated carbocycles. The number of para-hydroxylation sites is 2. The fraction of sp³-hybridized carbons (Fsp3) is 0.109. The van der Waals surface area contributed by atoms with E-state index in [-0.39, 0.29) is 12.6 Å². The molecular weight excluding hydrogens is 1270 g/mol. The van der Waals surface area contributed by atoms with E-state index < -0.39 is 16.2 Å². The summed E-state index contributed by atoms with van der Waals surface area (Å²) >= 11 is 0. The van der Waals surface area contributed by atoms with Crippen LogP contribution in [0.2, 0.25) is 0 Å². The molecule has 6 aliphatic rings. The maximum absolute atomic E-state index is 3.55. The van der Waals surface area contributed by atoms with Gasteiger partial charge in [-0.1, -0.05) is 316 Å². The van der Waals surface area contributed by atoms with Crippen molar-refractivity contribution in [3.63, 3.8) is 0 Å². The third kappa shape index (κ3) is 9.14. The van der Waals surface area contributed by atoms with Gasteiger partial charge in [0.05, 0.1) is 16.2 Å². The first-order valence-electron chi connectivity index (χ1n) is 37.3. The van der Waals surface area contributed by atoms with E-state index >= 15 is 0 Å². The van der Waals surface area contributed by atoms with Crippen LogP contribution in [-0.2, 0) is 16.2 Å². The predicted octanol–water partition coefficient (Wildman–Crippen LogP) is 23.1. The van der Waals surface area contributed by atoms with Gasteiger partial charge in [0.25, 0.3) is 6.71 Å². The first-order valence-corrected chi connectivity index (χ1v) is 37.3. The van der Waals surface area contributed by atoms with Gasteiger partial charge in [-0.05, 0) is 195 Å². The normalized spacial score (nSPS) is 18.8. The van der Waals surface area contributed by atoms with E-state index in [1.54, 1.807) is 0 Å². The van der Waals surface area contributed by atoms with Crippen LogP contribution in [0.4, 0.5) is 45.5 Å². The SMILES string of the molecule is C/C=C1\C(=C(/C)N(c2ccccc2)c2cc3c4c(c2)N(c2ccccc2)c2c(ccc5c2-c2ccccc2C5(c2ccccc2)C2C=CC=CC2)B4c2ccc4c(c2N3c2cccc(C)c2)-c2ccccc2C4(/C(C)=C/C#CCC)c2ccccc2)c2ccccc2C1(c1ccccc1)c1ccccc1. The van der Waals surface area contributed by atoms with Crippen LogP contribution >= 0.6 is 0 Å². The van der Waals surface area contributed by atoms with Crippen molar-refractivity contribution in [1.29, 1.82) is 0 Å². The minimum absolute atomic E-state index is 0.127. The lowest BCUT2D eigenvalue weighted by Gasteiger charge is -2.47. The van der Waals surface area contributed by atoms with Gasteiger partial charge in [0, 0.05) is 74.3 Å². The second kappa shape index (κ2) is 25.2. The van der Waals surface area contributed by atoms with Crippen LogP contribution in [0.25, 0.3) is 27.8 Å². The second-order valence-corrected chi connectivity index (χ2v) is 28.9. The molecule has 19 rings (SSSR count). The molecule has 3 atom stereocenters. The quantitative estimate of drug-likeness (QED) is 0.0944. The van der Waals surface area contributed by atoms with E-state index in [2.05, 4.69) is 413 Å². The summed E-state index contributed by atoms with van der Waals surface area (Å²) in [6.45, 7) is 11.1. The fourth-order valence-corrected chi connectivity index (χ4v) is 19.9. The van der Waals surface area contributed by atoms with E-state index in [4.69, 9.17) is 0 Å². The highest BCUT2D eigenvalue weighted by Crippen LogP contribution is 2.65. The van der Waals surface area contributed by atoms with E-state index in [0.29, 0.717) is 0 Å². The summed E-state index contributed by atoms with van der Waals surface area (Å²) in [6.07, 6.45) is 15.7. The number of nitrogens with zero attached hydrogens (tertiary/aromatic N) is 3. The Balaban J connectivity index is 0.986. The van der Waals surface area contributed by atoms with Crippen LogP contribution in [-0.4, -0.2) is 6.71 Å². The molecule has 2 heterocycles. The molecule has 0 N–H and O–H groups in total. The summed E-state index contributed by atoms with van der Waals surface area (Å²) in [7, 11) is 0. The highest BCUT2D eigenvalue weighted by atomic mass is 15.2. The molecule has 3 unspecified atom stereocenters. The summed E-state index contributed by atoms with van der Waals surface area (Å²) in [5, 5.41) is 0. The average molecular weight is 1340 g/mol. The summed E-state index contributed by atoms with van der Waals surface area (Å²) in [4.78, 5) is 7.98. The standard InChI is InChI=1S/C101H78BN3/c1-6-8-16-39-69(4)99(71-40-17-9-18-41-71)84-58-34-32-56-81(84)94-87(99)61-63-90-98(94)105(78-54-37-38-68(3)65-78)92-67-79(103(76-50-27-14-28-51-76)70(5)93-80-55-31-35-59-85(80)100(83(93)7-2,72-42-19-10-20-43-72)73-44-21-11-22-45-73)66-91-96(92)102(90)89-64-62-88-95(97(89)104(91)77-52-29-15-30-53-77)82-57-33-36-60-86(82)101(88,74-46-23-12-24-47-74)75-48-25-13-26-49-75/h7,9-15,17-48,50-67,75H,6,49H2,1-5H3/b69-39+,83-7+,93-70+. The van der Waals surface area contributed by atoms with Crippen LogP contribution in [0.15, 0.2) is 369 Å². The minimum Gasteiger partial charge on any atom is -0.314 e. The molecule has 0 spiro atoms. The highest BCUT2D eigenvalue weighted by molar-refractivity contribution is 7.00. The number of benzene rings is 13. The Morgan fingerprint density at radius 2 is 1.00 bits per heavy atom. The summed E-state index contributed by atoms with van der Waals surface area (Å²) in [5.74, 6) is 7.13. The molecule has 0 aromatic heterocycles. The predicted molar refractivity (Wildman–Crippen MR) is 441 cm³/mol. The number of allylic oxidation sites excluding steroid dienone is 10. The molecule has 4 aliphatic carbocycles. The Bertz CT molecular complexity index is 5840. The Hall–Kier alpha value is -12.4. The topological polar surface area (TPSA) is 9.72 Å². The molecule has 13 aromatic rings. The van der Waals surface area contributed by atoms with Crippen molar-refractivity contribution in [3.05, 3.63) is 430 Å². The van der Waals surface area contributed by atoms with Crippen LogP contribution in [0.5, 0.6) is 0 Å². The molecule has 13 aromatic carbocycles. The van der Waals surface area contributed by atoms with Gasteiger partial charge < -0.3 is 14.7 Å². The molecule has 500 valence electrons. The summed E-state index contributed by atoms with van der Waals surface area (Å²) in [6, 6.07) is 120. The maximum Gasteiger partial charge on any atom is 0.252 e. The van der Waals surface area contributed by atoms with E-state index in [1.165, 1.54) is 128 Å². The smallest absolute Gasteiger partial charge is 0.252 e. The van der Waals surface area contributed by atoms with Crippen LogP contribution < -0.4 is 31.1 Å².